The van der Waals surface area contributed by atoms with Crippen molar-refractivity contribution in [3.05, 3.63) is 0 Å². The molecule has 1 fully saturated rings. The molecule has 1 atom stereocenters. The maximum atomic E-state index is 11.1. The van der Waals surface area contributed by atoms with Gasteiger partial charge in [-0.3, -0.25) is 4.79 Å². The van der Waals surface area contributed by atoms with Crippen LogP contribution >= 0.6 is 0 Å². The number of carboxylic acids is 1. The molecule has 0 aromatic rings. The van der Waals surface area contributed by atoms with Crippen molar-refractivity contribution >= 4 is 11.9 Å². The van der Waals surface area contributed by atoms with Crippen LogP contribution in [0.25, 0.3) is 0 Å². The molecule has 13 heavy (non-hydrogen) atoms. The number of carboxylic acid groups (broad SMARTS) is 1. The molecule has 1 rings (SSSR count). The number of aliphatic carboxylic acids is 1. The predicted molar refractivity (Wildman–Crippen MR) is 44.1 cm³/mol. The molecule has 5 nitrogen and oxygen atoms in total. The first-order valence-electron chi connectivity index (χ1n) is 4.20. The van der Waals surface area contributed by atoms with Crippen LogP contribution in [-0.2, 0) is 9.59 Å². The molecular weight excluding hydrogens is 174 g/mol. The first-order chi connectivity index (χ1) is 6.07. The molecule has 5 heteroatoms. The van der Waals surface area contributed by atoms with Crippen LogP contribution in [0.4, 0.5) is 0 Å². The SMILES string of the molecule is CC(=O)N(C1CC1)C(CO)C(=O)O. The standard InChI is InChI=1S/C8H13NO4/c1-5(11)9(6-2-3-6)7(4-10)8(12)13/h6-7,10H,2-4H2,1H3,(H,12,13). The van der Waals surface area contributed by atoms with E-state index < -0.39 is 18.6 Å². The summed E-state index contributed by atoms with van der Waals surface area (Å²) < 4.78 is 0. The molecule has 0 spiro atoms. The summed E-state index contributed by atoms with van der Waals surface area (Å²) in [6.07, 6.45) is 1.67. The van der Waals surface area contributed by atoms with Crippen LogP contribution < -0.4 is 0 Å². The Bertz CT molecular complexity index is 224. The van der Waals surface area contributed by atoms with Crippen LogP contribution in [-0.4, -0.2) is 45.7 Å². The monoisotopic (exact) mass is 187 g/mol. The van der Waals surface area contributed by atoms with Crippen molar-refractivity contribution in [2.45, 2.75) is 31.8 Å². The van der Waals surface area contributed by atoms with Crippen LogP contribution in [0.3, 0.4) is 0 Å². The molecular formula is C8H13NO4. The third kappa shape index (κ3) is 2.18. The molecule has 2 N–H and O–H groups in total. The summed E-state index contributed by atoms with van der Waals surface area (Å²) in [5.41, 5.74) is 0. The van der Waals surface area contributed by atoms with Crippen LogP contribution in [0.1, 0.15) is 19.8 Å². The largest absolute Gasteiger partial charge is 0.480 e. The van der Waals surface area contributed by atoms with Gasteiger partial charge in [0.1, 0.15) is 0 Å². The van der Waals surface area contributed by atoms with Crippen LogP contribution in [0.15, 0.2) is 0 Å². The van der Waals surface area contributed by atoms with Crippen molar-refractivity contribution in [1.82, 2.24) is 4.90 Å². The summed E-state index contributed by atoms with van der Waals surface area (Å²) >= 11 is 0. The summed E-state index contributed by atoms with van der Waals surface area (Å²) in [6, 6.07) is -1.06. The molecule has 1 saturated carbocycles. The van der Waals surface area contributed by atoms with Crippen molar-refractivity contribution in [2.75, 3.05) is 6.61 Å². The highest BCUT2D eigenvalue weighted by Crippen LogP contribution is 2.28. The Morgan fingerprint density at radius 2 is 2.08 bits per heavy atom. The molecule has 0 bridgehead atoms. The van der Waals surface area contributed by atoms with Gasteiger partial charge >= 0.3 is 5.97 Å². The molecule has 1 aliphatic carbocycles. The first kappa shape index (κ1) is 9.98. The number of carbonyl (C=O) groups excluding carboxylic acids is 1. The van der Waals surface area contributed by atoms with Gasteiger partial charge in [0.25, 0.3) is 0 Å². The smallest absolute Gasteiger partial charge is 0.328 e. The molecule has 0 heterocycles. The van der Waals surface area contributed by atoms with Gasteiger partial charge in [-0.2, -0.15) is 0 Å². The highest BCUT2D eigenvalue weighted by molar-refractivity contribution is 5.82. The lowest BCUT2D eigenvalue weighted by Crippen LogP contribution is -2.47. The van der Waals surface area contributed by atoms with E-state index in [0.717, 1.165) is 12.8 Å². The van der Waals surface area contributed by atoms with E-state index in [-0.39, 0.29) is 11.9 Å². The minimum absolute atomic E-state index is 0.0192. The topological polar surface area (TPSA) is 77.8 Å². The van der Waals surface area contributed by atoms with Gasteiger partial charge in [-0.25, -0.2) is 4.79 Å². The zero-order chi connectivity index (χ0) is 10.0. The quantitative estimate of drug-likeness (QED) is 0.618. The molecule has 74 valence electrons. The van der Waals surface area contributed by atoms with Gasteiger partial charge in [0, 0.05) is 13.0 Å². The fraction of sp³-hybridized carbons (Fsp3) is 0.750. The number of carbonyl (C=O) groups is 2. The van der Waals surface area contributed by atoms with E-state index in [0.29, 0.717) is 0 Å². The number of nitrogens with zero attached hydrogens (tertiary/aromatic N) is 1. The van der Waals surface area contributed by atoms with Gasteiger partial charge in [0.2, 0.25) is 5.91 Å². The average Bonchev–Trinajstić information content (AvgIpc) is 2.80. The first-order valence-corrected chi connectivity index (χ1v) is 4.20. The van der Waals surface area contributed by atoms with Gasteiger partial charge < -0.3 is 15.1 Å². The molecule has 1 unspecified atom stereocenters. The highest BCUT2D eigenvalue weighted by Gasteiger charge is 2.38. The Morgan fingerprint density at radius 3 is 2.31 bits per heavy atom. The summed E-state index contributed by atoms with van der Waals surface area (Å²) in [5, 5.41) is 17.5. The molecule has 0 aromatic heterocycles. The summed E-state index contributed by atoms with van der Waals surface area (Å²) in [6.45, 7) is 0.801. The second-order valence-electron chi connectivity index (χ2n) is 3.19. The van der Waals surface area contributed by atoms with Crippen molar-refractivity contribution in [3.8, 4) is 0 Å². The maximum Gasteiger partial charge on any atom is 0.328 e. The van der Waals surface area contributed by atoms with Crippen molar-refractivity contribution in [1.29, 1.82) is 0 Å². The van der Waals surface area contributed by atoms with E-state index in [1.807, 2.05) is 0 Å². The van der Waals surface area contributed by atoms with E-state index in [4.69, 9.17) is 10.2 Å². The number of aliphatic hydroxyl groups excluding tert-OH is 1. The Kier molecular flexibility index (Phi) is 2.87. The average molecular weight is 187 g/mol. The van der Waals surface area contributed by atoms with E-state index in [2.05, 4.69) is 0 Å². The lowest BCUT2D eigenvalue weighted by molar-refractivity contribution is -0.151. The Labute approximate surface area is 76.0 Å². The van der Waals surface area contributed by atoms with Crippen molar-refractivity contribution in [3.63, 3.8) is 0 Å². The number of hydrogen-bond donors (Lipinski definition) is 2. The zero-order valence-corrected chi connectivity index (χ0v) is 7.43. The van der Waals surface area contributed by atoms with Crippen molar-refractivity contribution in [2.24, 2.45) is 0 Å². The van der Waals surface area contributed by atoms with Gasteiger partial charge in [-0.1, -0.05) is 0 Å². The third-order valence-electron chi connectivity index (χ3n) is 2.10. The van der Waals surface area contributed by atoms with Gasteiger partial charge in [-0.15, -0.1) is 0 Å². The predicted octanol–water partition coefficient (Wildman–Crippen LogP) is -0.557. The maximum absolute atomic E-state index is 11.1. The van der Waals surface area contributed by atoms with E-state index in [1.165, 1.54) is 11.8 Å². The summed E-state index contributed by atoms with van der Waals surface area (Å²) in [5.74, 6) is -1.44. The number of rotatable bonds is 4. The molecule has 0 saturated heterocycles. The minimum atomic E-state index is -1.15. The fourth-order valence-corrected chi connectivity index (χ4v) is 1.37. The molecule has 0 radical (unpaired) electrons. The van der Waals surface area contributed by atoms with Crippen molar-refractivity contribution < 1.29 is 19.8 Å². The van der Waals surface area contributed by atoms with Crippen LogP contribution in [0.2, 0.25) is 0 Å². The lowest BCUT2D eigenvalue weighted by Gasteiger charge is -2.26. The second kappa shape index (κ2) is 3.74. The Balaban J connectivity index is 2.71. The summed E-state index contributed by atoms with van der Waals surface area (Å²) in [7, 11) is 0. The van der Waals surface area contributed by atoms with Gasteiger partial charge in [0.15, 0.2) is 6.04 Å². The molecule has 1 amide bonds. The fourth-order valence-electron chi connectivity index (χ4n) is 1.37. The number of aliphatic hydroxyl groups is 1. The normalized spacial score (nSPS) is 18.0. The molecule has 1 aliphatic rings. The number of amides is 1. The number of hydrogen-bond acceptors (Lipinski definition) is 3. The Hall–Kier alpha value is -1.10. The molecule has 0 aliphatic heterocycles. The molecule has 0 aromatic carbocycles. The van der Waals surface area contributed by atoms with Crippen LogP contribution in [0, 0.1) is 0 Å². The zero-order valence-electron chi connectivity index (χ0n) is 7.43. The Morgan fingerprint density at radius 1 is 1.54 bits per heavy atom. The minimum Gasteiger partial charge on any atom is -0.480 e. The van der Waals surface area contributed by atoms with Crippen LogP contribution in [0.5, 0.6) is 0 Å². The van der Waals surface area contributed by atoms with E-state index >= 15 is 0 Å². The second-order valence-corrected chi connectivity index (χ2v) is 3.19. The lowest BCUT2D eigenvalue weighted by atomic mass is 10.2. The third-order valence-corrected chi connectivity index (χ3v) is 2.10. The van der Waals surface area contributed by atoms with Gasteiger partial charge in [0.05, 0.1) is 6.61 Å². The van der Waals surface area contributed by atoms with E-state index in [1.54, 1.807) is 0 Å². The van der Waals surface area contributed by atoms with Gasteiger partial charge in [-0.05, 0) is 12.8 Å². The summed E-state index contributed by atoms with van der Waals surface area (Å²) in [4.78, 5) is 23.0. The van der Waals surface area contributed by atoms with E-state index in [9.17, 15) is 9.59 Å². The highest BCUT2D eigenvalue weighted by atomic mass is 16.4.